The number of rotatable bonds is 2. The van der Waals surface area contributed by atoms with Gasteiger partial charge in [-0.25, -0.2) is 0 Å². The zero-order valence-corrected chi connectivity index (χ0v) is 11.0. The van der Waals surface area contributed by atoms with Crippen molar-refractivity contribution >= 4 is 0 Å². The van der Waals surface area contributed by atoms with Crippen LogP contribution < -0.4 is 0 Å². The SMILES string of the molecule is C[C@@H]1CCC[C@H](C)N1C[C@H](O)C(C)(C)C. The van der Waals surface area contributed by atoms with Gasteiger partial charge in [-0.1, -0.05) is 27.2 Å². The summed E-state index contributed by atoms with van der Waals surface area (Å²) in [5.41, 5.74) is -0.00309. The lowest BCUT2D eigenvalue weighted by Gasteiger charge is -2.42. The van der Waals surface area contributed by atoms with E-state index in [9.17, 15) is 5.11 Å². The third-order valence-electron chi connectivity index (χ3n) is 3.76. The molecule has 15 heavy (non-hydrogen) atoms. The van der Waals surface area contributed by atoms with E-state index in [1.165, 1.54) is 19.3 Å². The van der Waals surface area contributed by atoms with E-state index < -0.39 is 0 Å². The lowest BCUT2D eigenvalue weighted by atomic mass is 9.87. The minimum Gasteiger partial charge on any atom is -0.391 e. The molecule has 0 aliphatic carbocycles. The molecule has 1 aliphatic rings. The fourth-order valence-corrected chi connectivity index (χ4v) is 2.31. The van der Waals surface area contributed by atoms with Crippen LogP contribution in [0.2, 0.25) is 0 Å². The van der Waals surface area contributed by atoms with E-state index in [2.05, 4.69) is 39.5 Å². The number of nitrogens with zero attached hydrogens (tertiary/aromatic N) is 1. The van der Waals surface area contributed by atoms with E-state index in [0.717, 1.165) is 6.54 Å². The zero-order valence-electron chi connectivity index (χ0n) is 11.0. The molecule has 2 heteroatoms. The molecule has 0 spiro atoms. The molecule has 0 bridgehead atoms. The summed E-state index contributed by atoms with van der Waals surface area (Å²) in [5.74, 6) is 0. The number of aliphatic hydroxyl groups excluding tert-OH is 1. The summed E-state index contributed by atoms with van der Waals surface area (Å²) in [6.07, 6.45) is 3.67. The van der Waals surface area contributed by atoms with Crippen LogP contribution in [0.3, 0.4) is 0 Å². The summed E-state index contributed by atoms with van der Waals surface area (Å²) in [7, 11) is 0. The Bertz CT molecular complexity index is 187. The molecule has 1 saturated heterocycles. The van der Waals surface area contributed by atoms with Crippen molar-refractivity contribution in [3.63, 3.8) is 0 Å². The van der Waals surface area contributed by atoms with Crippen molar-refractivity contribution in [1.29, 1.82) is 0 Å². The highest BCUT2D eigenvalue weighted by Crippen LogP contribution is 2.26. The number of hydrogen-bond acceptors (Lipinski definition) is 2. The standard InChI is InChI=1S/C13H27NO/c1-10-7-6-8-11(2)14(10)9-12(15)13(3,4)5/h10-12,15H,6-9H2,1-5H3/t10-,11+,12-/m0/s1. The van der Waals surface area contributed by atoms with Crippen molar-refractivity contribution in [2.75, 3.05) is 6.54 Å². The summed E-state index contributed by atoms with van der Waals surface area (Å²) in [6.45, 7) is 11.7. The number of aliphatic hydroxyl groups is 1. The lowest BCUT2D eigenvalue weighted by molar-refractivity contribution is -0.00790. The molecular weight excluding hydrogens is 186 g/mol. The Morgan fingerprint density at radius 1 is 1.20 bits per heavy atom. The second-order valence-electron chi connectivity index (χ2n) is 6.21. The monoisotopic (exact) mass is 213 g/mol. The summed E-state index contributed by atoms with van der Waals surface area (Å²) in [4.78, 5) is 2.47. The smallest absolute Gasteiger partial charge is 0.0715 e. The normalized spacial score (nSPS) is 31.6. The second-order valence-corrected chi connectivity index (χ2v) is 6.21. The Hall–Kier alpha value is -0.0800. The van der Waals surface area contributed by atoms with Gasteiger partial charge in [0, 0.05) is 18.6 Å². The summed E-state index contributed by atoms with van der Waals surface area (Å²) < 4.78 is 0. The van der Waals surface area contributed by atoms with Gasteiger partial charge in [-0.2, -0.15) is 0 Å². The van der Waals surface area contributed by atoms with Gasteiger partial charge in [0.15, 0.2) is 0 Å². The minimum absolute atomic E-state index is 0.00309. The highest BCUT2D eigenvalue weighted by atomic mass is 16.3. The molecule has 1 fully saturated rings. The molecule has 0 aromatic carbocycles. The van der Waals surface area contributed by atoms with Crippen LogP contribution in [0.4, 0.5) is 0 Å². The molecule has 0 saturated carbocycles. The predicted molar refractivity (Wildman–Crippen MR) is 64.9 cm³/mol. The van der Waals surface area contributed by atoms with Crippen molar-refractivity contribution in [3.8, 4) is 0 Å². The van der Waals surface area contributed by atoms with Crippen LogP contribution in [0.5, 0.6) is 0 Å². The van der Waals surface area contributed by atoms with Gasteiger partial charge in [-0.15, -0.1) is 0 Å². The molecule has 0 unspecified atom stereocenters. The van der Waals surface area contributed by atoms with E-state index in [0.29, 0.717) is 12.1 Å². The molecule has 1 rings (SSSR count). The van der Waals surface area contributed by atoms with Gasteiger partial charge in [-0.3, -0.25) is 4.90 Å². The molecule has 90 valence electrons. The van der Waals surface area contributed by atoms with Gasteiger partial charge in [0.25, 0.3) is 0 Å². The Balaban J connectivity index is 2.55. The summed E-state index contributed by atoms with van der Waals surface area (Å²) >= 11 is 0. The first-order valence-electron chi connectivity index (χ1n) is 6.26. The minimum atomic E-state index is -0.222. The first-order valence-corrected chi connectivity index (χ1v) is 6.26. The molecule has 1 N–H and O–H groups in total. The maximum atomic E-state index is 10.1. The number of likely N-dealkylation sites (tertiary alicyclic amines) is 1. The molecule has 1 heterocycles. The first-order chi connectivity index (χ1) is 6.82. The van der Waals surface area contributed by atoms with Gasteiger partial charge in [0.05, 0.1) is 6.10 Å². The summed E-state index contributed by atoms with van der Waals surface area (Å²) in [5, 5.41) is 10.1. The molecule has 2 nitrogen and oxygen atoms in total. The van der Waals surface area contributed by atoms with Gasteiger partial charge < -0.3 is 5.11 Å². The fourth-order valence-electron chi connectivity index (χ4n) is 2.31. The van der Waals surface area contributed by atoms with Crippen molar-refractivity contribution in [1.82, 2.24) is 4.90 Å². The molecule has 1 aliphatic heterocycles. The molecule has 0 aromatic heterocycles. The topological polar surface area (TPSA) is 23.5 Å². The van der Waals surface area contributed by atoms with Crippen LogP contribution in [0.15, 0.2) is 0 Å². The van der Waals surface area contributed by atoms with Crippen LogP contribution in [-0.2, 0) is 0 Å². The second kappa shape index (κ2) is 4.84. The highest BCUT2D eigenvalue weighted by Gasteiger charge is 2.30. The van der Waals surface area contributed by atoms with Crippen molar-refractivity contribution in [2.24, 2.45) is 5.41 Å². The third kappa shape index (κ3) is 3.46. The van der Waals surface area contributed by atoms with E-state index in [1.807, 2.05) is 0 Å². The Labute approximate surface area is 94.7 Å². The molecule has 0 amide bonds. The van der Waals surface area contributed by atoms with E-state index in [4.69, 9.17) is 0 Å². The van der Waals surface area contributed by atoms with E-state index in [-0.39, 0.29) is 11.5 Å². The fraction of sp³-hybridized carbons (Fsp3) is 1.00. The average molecular weight is 213 g/mol. The van der Waals surface area contributed by atoms with Crippen molar-refractivity contribution in [3.05, 3.63) is 0 Å². The maximum Gasteiger partial charge on any atom is 0.0715 e. The van der Waals surface area contributed by atoms with Crippen LogP contribution in [0.25, 0.3) is 0 Å². The van der Waals surface area contributed by atoms with Crippen LogP contribution in [0.1, 0.15) is 53.9 Å². The first kappa shape index (κ1) is 13.0. The molecule has 3 atom stereocenters. The van der Waals surface area contributed by atoms with Gasteiger partial charge >= 0.3 is 0 Å². The average Bonchev–Trinajstić information content (AvgIpc) is 2.09. The predicted octanol–water partition coefficient (Wildman–Crippen LogP) is 2.66. The van der Waals surface area contributed by atoms with Crippen molar-refractivity contribution < 1.29 is 5.11 Å². The van der Waals surface area contributed by atoms with Crippen LogP contribution >= 0.6 is 0 Å². The third-order valence-corrected chi connectivity index (χ3v) is 3.76. The van der Waals surface area contributed by atoms with E-state index in [1.54, 1.807) is 0 Å². The number of piperidine rings is 1. The van der Waals surface area contributed by atoms with Gasteiger partial charge in [-0.05, 0) is 32.1 Å². The Kier molecular flexibility index (Phi) is 4.19. The lowest BCUT2D eigenvalue weighted by Crippen LogP contribution is -2.49. The largest absolute Gasteiger partial charge is 0.391 e. The number of β-amino-alcohol motifs (C(OH)–C–C–N with tert-alkyl or cyclic N) is 1. The number of hydrogen-bond donors (Lipinski definition) is 1. The van der Waals surface area contributed by atoms with E-state index >= 15 is 0 Å². The van der Waals surface area contributed by atoms with Gasteiger partial charge in [0.2, 0.25) is 0 Å². The maximum absolute atomic E-state index is 10.1. The molecule has 0 aromatic rings. The highest BCUT2D eigenvalue weighted by molar-refractivity contribution is 4.84. The Morgan fingerprint density at radius 2 is 1.67 bits per heavy atom. The van der Waals surface area contributed by atoms with Crippen LogP contribution in [0, 0.1) is 5.41 Å². The summed E-state index contributed by atoms with van der Waals surface area (Å²) in [6, 6.07) is 1.26. The molecule has 0 radical (unpaired) electrons. The Morgan fingerprint density at radius 3 is 2.07 bits per heavy atom. The van der Waals surface area contributed by atoms with Gasteiger partial charge in [0.1, 0.15) is 0 Å². The van der Waals surface area contributed by atoms with Crippen LogP contribution in [-0.4, -0.2) is 34.7 Å². The molecular formula is C13H27NO. The zero-order chi connectivity index (χ0) is 11.6. The quantitative estimate of drug-likeness (QED) is 0.762. The van der Waals surface area contributed by atoms with Crippen molar-refractivity contribution in [2.45, 2.75) is 72.1 Å².